The minimum atomic E-state index is -0.360. The summed E-state index contributed by atoms with van der Waals surface area (Å²) in [6.07, 6.45) is 10.5. The maximum absolute atomic E-state index is 14.4. The lowest BCUT2D eigenvalue weighted by Crippen LogP contribution is -2.44. The molecule has 9 aromatic carbocycles. The molecule has 0 radical (unpaired) electrons. The molecule has 4 amide bonds. The van der Waals surface area contributed by atoms with Crippen LogP contribution in [0.4, 0.5) is 11.4 Å². The Morgan fingerprint density at radius 2 is 0.905 bits per heavy atom. The number of anilines is 2. The van der Waals surface area contributed by atoms with Crippen molar-refractivity contribution in [2.24, 2.45) is 5.92 Å². The lowest BCUT2D eigenvalue weighted by atomic mass is 9.77. The first-order valence-corrected chi connectivity index (χ1v) is 24.9. The maximum atomic E-state index is 14.4. The fraction of sp³-hybridized carbons (Fsp3) is 0.0303. The van der Waals surface area contributed by atoms with Crippen LogP contribution < -0.4 is 9.80 Å². The Balaban J connectivity index is 1.02. The van der Waals surface area contributed by atoms with Crippen molar-refractivity contribution < 1.29 is 19.2 Å². The van der Waals surface area contributed by atoms with E-state index in [0.717, 1.165) is 94.6 Å². The van der Waals surface area contributed by atoms with Gasteiger partial charge < -0.3 is 9.13 Å². The van der Waals surface area contributed by atoms with Gasteiger partial charge in [-0.3, -0.25) is 19.2 Å². The van der Waals surface area contributed by atoms with Crippen LogP contribution in [0, 0.1) is 5.92 Å². The monoisotopic (exact) mass is 952 g/mol. The van der Waals surface area contributed by atoms with Crippen LogP contribution in [0.25, 0.3) is 88.0 Å². The third kappa shape index (κ3) is 5.79. The maximum Gasteiger partial charge on any atom is 0.265 e. The van der Waals surface area contributed by atoms with Crippen molar-refractivity contribution >= 4 is 89.4 Å². The van der Waals surface area contributed by atoms with E-state index in [9.17, 15) is 19.2 Å². The van der Waals surface area contributed by atoms with Crippen molar-refractivity contribution in [3.63, 3.8) is 0 Å². The Hall–Kier alpha value is -9.92. The number of imide groups is 2. The van der Waals surface area contributed by atoms with Crippen molar-refractivity contribution in [3.8, 4) is 33.6 Å². The summed E-state index contributed by atoms with van der Waals surface area (Å²) < 4.78 is 4.70. The third-order valence-electron chi connectivity index (χ3n) is 15.5. The molecule has 0 bridgehead atoms. The number of allylic oxidation sites excluding steroid dienone is 4. The summed E-state index contributed by atoms with van der Waals surface area (Å²) in [4.78, 5) is 60.2. The molecule has 8 heteroatoms. The molecule has 74 heavy (non-hydrogen) atoms. The zero-order valence-electron chi connectivity index (χ0n) is 39.6. The largest absolute Gasteiger partial charge is 0.309 e. The van der Waals surface area contributed by atoms with Crippen LogP contribution in [-0.2, 0) is 9.59 Å². The summed E-state index contributed by atoms with van der Waals surface area (Å²) in [5, 5.41) is 5.61. The van der Waals surface area contributed by atoms with E-state index in [1.165, 1.54) is 9.80 Å². The molecule has 15 rings (SSSR count). The van der Waals surface area contributed by atoms with E-state index in [1.807, 2.05) is 109 Å². The van der Waals surface area contributed by atoms with Gasteiger partial charge in [0.15, 0.2) is 0 Å². The van der Waals surface area contributed by atoms with E-state index in [0.29, 0.717) is 39.0 Å². The van der Waals surface area contributed by atoms with E-state index in [2.05, 4.69) is 112 Å². The van der Waals surface area contributed by atoms with Crippen LogP contribution in [0.1, 0.15) is 27.1 Å². The van der Waals surface area contributed by atoms with Gasteiger partial charge in [-0.15, -0.1) is 0 Å². The van der Waals surface area contributed by atoms with E-state index in [4.69, 9.17) is 0 Å². The average Bonchev–Trinajstić information content (AvgIpc) is 3.98. The summed E-state index contributed by atoms with van der Waals surface area (Å²) in [5.74, 6) is -1.36. The van der Waals surface area contributed by atoms with E-state index < -0.39 is 0 Å². The number of amides is 4. The van der Waals surface area contributed by atoms with E-state index >= 15 is 0 Å². The first kappa shape index (κ1) is 41.8. The summed E-state index contributed by atoms with van der Waals surface area (Å²) in [6, 6.07) is 64.7. The molecule has 1 atom stereocenters. The predicted molar refractivity (Wildman–Crippen MR) is 295 cm³/mol. The van der Waals surface area contributed by atoms with Gasteiger partial charge in [0.2, 0.25) is 0 Å². The Morgan fingerprint density at radius 1 is 0.419 bits per heavy atom. The molecule has 348 valence electrons. The second kappa shape index (κ2) is 15.8. The molecule has 2 aliphatic heterocycles. The number of fused-ring (bicyclic) bond motifs is 6. The molecule has 0 N–H and O–H groups in total. The lowest BCUT2D eigenvalue weighted by molar-refractivity contribution is -0.123. The van der Waals surface area contributed by atoms with Crippen LogP contribution in [0.3, 0.4) is 0 Å². The van der Waals surface area contributed by atoms with Crippen molar-refractivity contribution in [2.75, 3.05) is 9.80 Å². The molecule has 4 heterocycles. The highest BCUT2D eigenvalue weighted by Crippen LogP contribution is 2.53. The standard InChI is InChI=1S/C66H40N4O4/c71-63-49-25-11-15-39-16-12-26-50(55(39)49)64(72)69(63)45-35-31-41(32-36-45)57-60-48-24-8-10-30-54(48)68(44-21-5-2-6-22-44)62(60)58(59-47-23-7-9-29-53(47)67(61(57)59)43-19-3-1-4-20-43)42-33-37-46(38-34-42)70-65(73)51-27-13-17-40-18-14-28-52(56(40)51)66(70)74/h1-17,19-38,40H,18H2. The van der Waals surface area contributed by atoms with Crippen molar-refractivity contribution in [3.05, 3.63) is 252 Å². The highest BCUT2D eigenvalue weighted by Gasteiger charge is 2.41. The smallest absolute Gasteiger partial charge is 0.265 e. The summed E-state index contributed by atoms with van der Waals surface area (Å²) >= 11 is 0. The minimum Gasteiger partial charge on any atom is -0.309 e. The predicted octanol–water partition coefficient (Wildman–Crippen LogP) is 14.4. The van der Waals surface area contributed by atoms with Gasteiger partial charge in [-0.1, -0.05) is 146 Å². The Bertz CT molecular complexity index is 4400. The van der Waals surface area contributed by atoms with Crippen LogP contribution in [0.2, 0.25) is 0 Å². The molecule has 8 nitrogen and oxygen atoms in total. The molecule has 0 saturated heterocycles. The normalized spacial score (nSPS) is 16.2. The number of aromatic nitrogens is 2. The zero-order valence-corrected chi connectivity index (χ0v) is 39.6. The minimum absolute atomic E-state index is 0.00425. The molecule has 0 spiro atoms. The summed E-state index contributed by atoms with van der Waals surface area (Å²) in [5.41, 5.74) is 13.5. The topological polar surface area (TPSA) is 84.6 Å². The Labute approximate surface area is 423 Å². The highest BCUT2D eigenvalue weighted by molar-refractivity contribution is 6.37. The number of carbonyl (C=O) groups excluding carboxylic acids is 4. The lowest BCUT2D eigenvalue weighted by Gasteiger charge is -2.35. The SMILES string of the molecule is O=C1C2=CC=CC3CC=CC(=C23)C(=O)N1c1ccc(-c2c3c4ccccc4n(-c4ccccc4)c3c(-c3ccc(N4C(=O)c5cccc6cccc(c56)C4=O)cc3)c3c4ccccc4n(-c4ccccc4)c23)cc1. The van der Waals surface area contributed by atoms with Gasteiger partial charge in [0, 0.05) is 77.6 Å². The van der Waals surface area contributed by atoms with Crippen LogP contribution in [-0.4, -0.2) is 32.8 Å². The number of hydrogen-bond donors (Lipinski definition) is 0. The number of nitrogens with zero attached hydrogens (tertiary/aromatic N) is 4. The molecule has 11 aromatic rings. The second-order valence-electron chi connectivity index (χ2n) is 19.3. The fourth-order valence-electron chi connectivity index (χ4n) is 12.3. The van der Waals surface area contributed by atoms with Gasteiger partial charge in [0.1, 0.15) is 0 Å². The fourth-order valence-corrected chi connectivity index (χ4v) is 12.3. The van der Waals surface area contributed by atoms with Gasteiger partial charge in [0.05, 0.1) is 33.4 Å². The number of hydrogen-bond acceptors (Lipinski definition) is 4. The first-order chi connectivity index (χ1) is 36.4. The Morgan fingerprint density at radius 3 is 1.43 bits per heavy atom. The number of carbonyl (C=O) groups is 4. The van der Waals surface area contributed by atoms with Crippen LogP contribution in [0.15, 0.2) is 241 Å². The number of rotatable bonds is 6. The molecule has 2 aliphatic carbocycles. The van der Waals surface area contributed by atoms with Crippen LogP contribution >= 0.6 is 0 Å². The molecular weight excluding hydrogens is 913 g/mol. The number of benzene rings is 9. The van der Waals surface area contributed by atoms with Gasteiger partial charge in [-0.05, 0) is 107 Å². The second-order valence-corrected chi connectivity index (χ2v) is 19.3. The molecule has 0 fully saturated rings. The van der Waals surface area contributed by atoms with Gasteiger partial charge in [0.25, 0.3) is 23.6 Å². The van der Waals surface area contributed by atoms with Gasteiger partial charge in [-0.25, -0.2) is 9.80 Å². The zero-order chi connectivity index (χ0) is 49.3. The molecule has 2 aromatic heterocycles. The van der Waals surface area contributed by atoms with E-state index in [1.54, 1.807) is 12.1 Å². The van der Waals surface area contributed by atoms with Crippen molar-refractivity contribution in [1.29, 1.82) is 0 Å². The average molecular weight is 953 g/mol. The van der Waals surface area contributed by atoms with E-state index in [-0.39, 0.29) is 29.5 Å². The molecule has 0 saturated carbocycles. The number of para-hydroxylation sites is 4. The van der Waals surface area contributed by atoms with Gasteiger partial charge in [-0.2, -0.15) is 0 Å². The first-order valence-electron chi connectivity index (χ1n) is 24.9. The molecule has 1 unspecified atom stereocenters. The molecule has 4 aliphatic rings. The van der Waals surface area contributed by atoms with Crippen molar-refractivity contribution in [2.45, 2.75) is 6.42 Å². The highest BCUT2D eigenvalue weighted by atomic mass is 16.2. The quantitative estimate of drug-likeness (QED) is 0.155. The summed E-state index contributed by atoms with van der Waals surface area (Å²) in [7, 11) is 0. The summed E-state index contributed by atoms with van der Waals surface area (Å²) in [6.45, 7) is 0. The van der Waals surface area contributed by atoms with Gasteiger partial charge >= 0.3 is 0 Å². The van der Waals surface area contributed by atoms with Crippen LogP contribution in [0.5, 0.6) is 0 Å². The molecular formula is C66H40N4O4. The Kier molecular flexibility index (Phi) is 8.92. The third-order valence-corrected chi connectivity index (χ3v) is 15.5. The van der Waals surface area contributed by atoms with Crippen molar-refractivity contribution in [1.82, 2.24) is 9.13 Å².